The van der Waals surface area contributed by atoms with Gasteiger partial charge in [-0.1, -0.05) is 127 Å². The smallest absolute Gasteiger partial charge is 0.221 e. The van der Waals surface area contributed by atoms with Crippen molar-refractivity contribution < 1.29 is 4.74 Å². The van der Waals surface area contributed by atoms with Crippen LogP contribution in [0.25, 0.3) is 60.5 Å². The summed E-state index contributed by atoms with van der Waals surface area (Å²) in [7, 11) is 0. The van der Waals surface area contributed by atoms with Crippen LogP contribution in [-0.2, 0) is 4.74 Å². The number of fused-ring (bicyclic) bond motifs is 4. The number of benzene rings is 9. The number of hydrogen-bond donors (Lipinski definition) is 2. The summed E-state index contributed by atoms with van der Waals surface area (Å²) >= 11 is 0. The number of hydrogen-bond acceptors (Lipinski definition) is 4. The molecule has 5 heteroatoms. The first kappa shape index (κ1) is 35.4. The Balaban J connectivity index is 0.952. The molecule has 2 N–H and O–H groups in total. The van der Waals surface area contributed by atoms with Crippen LogP contribution in [-0.4, -0.2) is 16.4 Å². The van der Waals surface area contributed by atoms with Crippen molar-refractivity contribution in [1.82, 2.24) is 4.57 Å². The molecular weight excluding hydrogens is 721 g/mol. The van der Waals surface area contributed by atoms with E-state index in [-0.39, 0.29) is 11.8 Å². The number of rotatable bonds is 8. The summed E-state index contributed by atoms with van der Waals surface area (Å²) < 4.78 is 7.97. The second-order valence-electron chi connectivity index (χ2n) is 14.5. The van der Waals surface area contributed by atoms with Gasteiger partial charge in [0.2, 0.25) is 11.8 Å². The zero-order chi connectivity index (χ0) is 39.7. The first-order valence-corrected chi connectivity index (χ1v) is 19.7. The second kappa shape index (κ2) is 15.1. The van der Waals surface area contributed by atoms with E-state index in [9.17, 15) is 0 Å². The molecular formula is C54H38N4O. The van der Waals surface area contributed by atoms with Gasteiger partial charge in [0.15, 0.2) is 0 Å². The van der Waals surface area contributed by atoms with Gasteiger partial charge in [-0.3, -0.25) is 10.8 Å². The van der Waals surface area contributed by atoms with Crippen LogP contribution in [0.4, 0.5) is 17.1 Å². The van der Waals surface area contributed by atoms with Gasteiger partial charge in [0.1, 0.15) is 0 Å². The number of nitrogens with one attached hydrogen (secondary N) is 2. The summed E-state index contributed by atoms with van der Waals surface area (Å²) in [4.78, 5) is 2.20. The van der Waals surface area contributed by atoms with Crippen LogP contribution in [0.1, 0.15) is 11.1 Å². The molecule has 280 valence electrons. The highest BCUT2D eigenvalue weighted by Crippen LogP contribution is 2.39. The maximum absolute atomic E-state index is 8.54. The number of anilines is 3. The Morgan fingerprint density at radius 2 is 0.915 bits per heavy atom. The Bertz CT molecular complexity index is 3130. The van der Waals surface area contributed by atoms with Gasteiger partial charge < -0.3 is 14.2 Å². The third kappa shape index (κ3) is 6.71. The van der Waals surface area contributed by atoms with Gasteiger partial charge in [0, 0.05) is 44.6 Å². The first-order chi connectivity index (χ1) is 29.1. The molecule has 0 radical (unpaired) electrons. The van der Waals surface area contributed by atoms with Gasteiger partial charge in [-0.2, -0.15) is 0 Å². The molecule has 59 heavy (non-hydrogen) atoms. The van der Waals surface area contributed by atoms with Gasteiger partial charge in [-0.15, -0.1) is 0 Å². The van der Waals surface area contributed by atoms with Crippen LogP contribution in [0.3, 0.4) is 0 Å². The topological polar surface area (TPSA) is 65.1 Å². The lowest BCUT2D eigenvalue weighted by Gasteiger charge is -2.26. The normalized spacial score (nSPS) is 11.2. The Kier molecular flexibility index (Phi) is 9.09. The molecule has 0 fully saturated rings. The molecule has 1 aromatic heterocycles. The summed E-state index contributed by atoms with van der Waals surface area (Å²) in [5.74, 6) is -0.130. The van der Waals surface area contributed by atoms with Crippen molar-refractivity contribution in [3.05, 3.63) is 230 Å². The molecule has 9 aromatic carbocycles. The van der Waals surface area contributed by atoms with E-state index < -0.39 is 0 Å². The second-order valence-corrected chi connectivity index (χ2v) is 14.5. The van der Waals surface area contributed by atoms with Crippen LogP contribution >= 0.6 is 0 Å². The van der Waals surface area contributed by atoms with E-state index in [1.165, 1.54) is 43.7 Å². The Labute approximate surface area is 342 Å². The van der Waals surface area contributed by atoms with Crippen LogP contribution in [0.5, 0.6) is 0 Å². The van der Waals surface area contributed by atoms with Gasteiger partial charge in [0.05, 0.1) is 11.0 Å². The molecule has 0 aliphatic carbocycles. The molecule has 0 atom stereocenters. The molecule has 0 amide bonds. The number of ether oxygens (including phenoxy) is 1. The van der Waals surface area contributed by atoms with Crippen molar-refractivity contribution in [2.45, 2.75) is 0 Å². The van der Waals surface area contributed by atoms with Crippen LogP contribution < -0.4 is 4.90 Å². The summed E-state index contributed by atoms with van der Waals surface area (Å²) in [6.07, 6.45) is 0. The molecule has 0 saturated carbocycles. The third-order valence-corrected chi connectivity index (χ3v) is 11.0. The zero-order valence-corrected chi connectivity index (χ0v) is 32.1. The van der Waals surface area contributed by atoms with Gasteiger partial charge in [-0.25, -0.2) is 0 Å². The van der Waals surface area contributed by atoms with Gasteiger partial charge in [0.25, 0.3) is 0 Å². The standard InChI is InChI=1S/C54H38N4O/c55-53(40-13-3-1-4-14-40)59-54(56)41-26-33-45(34-27-41)57(43-16-5-2-6-17-43)44-29-22-37(23-30-44)42-28-35-52-50(36-42)49-19-9-10-21-51(49)58(52)46-31-24-39(25-32-46)48-20-11-15-38-12-7-8-18-47(38)48/h1-36,55-56H. The number of nitrogens with zero attached hydrogens (tertiary/aromatic N) is 2. The van der Waals surface area contributed by atoms with Crippen molar-refractivity contribution in [3.8, 4) is 27.9 Å². The van der Waals surface area contributed by atoms with Crippen LogP contribution in [0.15, 0.2) is 218 Å². The van der Waals surface area contributed by atoms with Crippen LogP contribution in [0.2, 0.25) is 0 Å². The lowest BCUT2D eigenvalue weighted by atomic mass is 9.98. The summed E-state index contributed by atoms with van der Waals surface area (Å²) in [6, 6.07) is 75.3. The maximum atomic E-state index is 8.54. The fourth-order valence-electron chi connectivity index (χ4n) is 8.10. The predicted molar refractivity (Wildman–Crippen MR) is 245 cm³/mol. The molecule has 0 aliphatic rings. The van der Waals surface area contributed by atoms with E-state index >= 15 is 0 Å². The molecule has 10 rings (SSSR count). The van der Waals surface area contributed by atoms with Crippen LogP contribution in [0, 0.1) is 10.8 Å². The third-order valence-electron chi connectivity index (χ3n) is 11.0. The molecule has 0 saturated heterocycles. The molecule has 0 spiro atoms. The van der Waals surface area contributed by atoms with E-state index in [2.05, 4.69) is 155 Å². The SMILES string of the molecule is N=C(OC(=N)c1ccc(N(c2ccccc2)c2ccc(-c3ccc4c(c3)c3ccccc3n4-c3ccc(-c4cccc5ccccc45)cc3)cc2)cc1)c1ccccc1. The van der Waals surface area contributed by atoms with E-state index in [1.54, 1.807) is 12.1 Å². The van der Waals surface area contributed by atoms with Crippen molar-refractivity contribution >= 4 is 61.4 Å². The quantitative estimate of drug-likeness (QED) is 0.120. The average Bonchev–Trinajstić information content (AvgIpc) is 3.64. The highest BCUT2D eigenvalue weighted by Gasteiger charge is 2.17. The highest BCUT2D eigenvalue weighted by molar-refractivity contribution is 6.10. The number of aromatic nitrogens is 1. The minimum Gasteiger partial charge on any atom is -0.421 e. The Hall–Kier alpha value is -8.02. The summed E-state index contributed by atoms with van der Waals surface area (Å²) in [5.41, 5.74) is 12.4. The predicted octanol–water partition coefficient (Wildman–Crippen LogP) is 14.1. The molecule has 10 aromatic rings. The van der Waals surface area contributed by atoms with Gasteiger partial charge in [-0.05, 0) is 124 Å². The first-order valence-electron chi connectivity index (χ1n) is 19.7. The van der Waals surface area contributed by atoms with E-state index in [4.69, 9.17) is 15.6 Å². The summed E-state index contributed by atoms with van der Waals surface area (Å²) in [6.45, 7) is 0. The Morgan fingerprint density at radius 3 is 1.64 bits per heavy atom. The largest absolute Gasteiger partial charge is 0.421 e. The monoisotopic (exact) mass is 758 g/mol. The highest BCUT2D eigenvalue weighted by atomic mass is 16.5. The lowest BCUT2D eigenvalue weighted by Crippen LogP contribution is -2.13. The minimum absolute atomic E-state index is 0.0570. The zero-order valence-electron chi connectivity index (χ0n) is 32.1. The summed E-state index contributed by atoms with van der Waals surface area (Å²) in [5, 5.41) is 21.8. The molecule has 1 heterocycles. The van der Waals surface area contributed by atoms with Crippen molar-refractivity contribution in [1.29, 1.82) is 10.8 Å². The van der Waals surface area contributed by atoms with E-state index in [1.807, 2.05) is 60.7 Å². The molecule has 0 aliphatic heterocycles. The van der Waals surface area contributed by atoms with Crippen molar-refractivity contribution in [3.63, 3.8) is 0 Å². The van der Waals surface area contributed by atoms with Gasteiger partial charge >= 0.3 is 0 Å². The fraction of sp³-hybridized carbons (Fsp3) is 0. The molecule has 0 bridgehead atoms. The Morgan fingerprint density at radius 1 is 0.390 bits per heavy atom. The molecule has 5 nitrogen and oxygen atoms in total. The average molecular weight is 759 g/mol. The fourth-order valence-corrected chi connectivity index (χ4v) is 8.10. The minimum atomic E-state index is -0.0732. The van der Waals surface area contributed by atoms with Crippen molar-refractivity contribution in [2.75, 3.05) is 4.90 Å². The van der Waals surface area contributed by atoms with E-state index in [0.29, 0.717) is 11.1 Å². The lowest BCUT2D eigenvalue weighted by molar-refractivity contribution is 0.538. The van der Waals surface area contributed by atoms with E-state index in [0.717, 1.165) is 33.9 Å². The number of para-hydroxylation sites is 2. The molecule has 0 unspecified atom stereocenters. The maximum Gasteiger partial charge on any atom is 0.221 e. The van der Waals surface area contributed by atoms with Crippen molar-refractivity contribution in [2.24, 2.45) is 0 Å².